The molecule has 7 heteroatoms. The van der Waals surface area contributed by atoms with Crippen LogP contribution >= 0.6 is 0 Å². The maximum absolute atomic E-state index is 12.4. The molecule has 27 heavy (non-hydrogen) atoms. The molecule has 0 unspecified atom stereocenters. The van der Waals surface area contributed by atoms with Gasteiger partial charge in [0.1, 0.15) is 16.4 Å². The maximum atomic E-state index is 12.4. The molecule has 0 fully saturated rings. The molecule has 0 aliphatic heterocycles. The van der Waals surface area contributed by atoms with Crippen LogP contribution in [0.2, 0.25) is 0 Å². The predicted molar refractivity (Wildman–Crippen MR) is 103 cm³/mol. The molecule has 0 spiro atoms. The van der Waals surface area contributed by atoms with E-state index in [4.69, 9.17) is 8.92 Å². The zero-order chi connectivity index (χ0) is 20.0. The molecule has 0 saturated heterocycles. The molecule has 0 heterocycles. The lowest BCUT2D eigenvalue weighted by Gasteiger charge is -2.23. The van der Waals surface area contributed by atoms with E-state index in [1.165, 1.54) is 19.2 Å². The fraction of sp³-hybridized carbons (Fsp3) is 0.350. The van der Waals surface area contributed by atoms with Crippen LogP contribution in [0.3, 0.4) is 0 Å². The van der Waals surface area contributed by atoms with Gasteiger partial charge in [-0.3, -0.25) is 4.79 Å². The zero-order valence-corrected chi connectivity index (χ0v) is 16.8. The maximum Gasteiger partial charge on any atom is 0.339 e. The van der Waals surface area contributed by atoms with Crippen molar-refractivity contribution in [3.8, 4) is 11.5 Å². The third kappa shape index (κ3) is 5.99. The Morgan fingerprint density at radius 1 is 1.00 bits per heavy atom. The number of ether oxygens (including phenoxy) is 1. The van der Waals surface area contributed by atoms with Gasteiger partial charge in [0.2, 0.25) is 5.91 Å². The highest BCUT2D eigenvalue weighted by molar-refractivity contribution is 7.87. The molecule has 0 radical (unpaired) electrons. The highest BCUT2D eigenvalue weighted by atomic mass is 32.2. The van der Waals surface area contributed by atoms with E-state index in [0.717, 1.165) is 5.56 Å². The Bertz CT molecular complexity index is 858. The van der Waals surface area contributed by atoms with Crippen LogP contribution in [-0.2, 0) is 21.5 Å². The van der Waals surface area contributed by atoms with Gasteiger partial charge < -0.3 is 13.8 Å². The van der Waals surface area contributed by atoms with Crippen LogP contribution in [-0.4, -0.2) is 32.9 Å². The van der Waals surface area contributed by atoms with Crippen LogP contribution in [0.4, 0.5) is 0 Å². The topological polar surface area (TPSA) is 72.9 Å². The molecule has 0 aliphatic carbocycles. The SMILES string of the molecule is COc1ccc(S(=O)(=O)Oc2ccc(CN(CC(C)C)C(C)=O)cc2)cc1. The van der Waals surface area contributed by atoms with Gasteiger partial charge >= 0.3 is 10.1 Å². The summed E-state index contributed by atoms with van der Waals surface area (Å²) in [4.78, 5) is 13.6. The van der Waals surface area contributed by atoms with Crippen molar-refractivity contribution in [2.24, 2.45) is 5.92 Å². The van der Waals surface area contributed by atoms with E-state index in [1.807, 2.05) is 0 Å². The second-order valence-electron chi connectivity index (χ2n) is 6.65. The molecule has 2 aromatic carbocycles. The summed E-state index contributed by atoms with van der Waals surface area (Å²) < 4.78 is 34.9. The van der Waals surface area contributed by atoms with Crippen molar-refractivity contribution in [3.63, 3.8) is 0 Å². The van der Waals surface area contributed by atoms with Crippen LogP contribution in [0.25, 0.3) is 0 Å². The molecule has 0 N–H and O–H groups in total. The summed E-state index contributed by atoms with van der Waals surface area (Å²) in [6, 6.07) is 12.7. The third-order valence-electron chi connectivity index (χ3n) is 3.88. The first-order valence-electron chi connectivity index (χ1n) is 8.64. The number of amides is 1. The molecular formula is C20H25NO5S. The second kappa shape index (κ2) is 8.90. The highest BCUT2D eigenvalue weighted by Crippen LogP contribution is 2.22. The van der Waals surface area contributed by atoms with E-state index >= 15 is 0 Å². The third-order valence-corrected chi connectivity index (χ3v) is 5.14. The minimum atomic E-state index is -3.92. The normalized spacial score (nSPS) is 11.3. The molecule has 0 bridgehead atoms. The van der Waals surface area contributed by atoms with Gasteiger partial charge in [0.25, 0.3) is 0 Å². The van der Waals surface area contributed by atoms with Gasteiger partial charge in [-0.25, -0.2) is 0 Å². The molecule has 0 atom stereocenters. The van der Waals surface area contributed by atoms with Crippen molar-refractivity contribution in [3.05, 3.63) is 54.1 Å². The van der Waals surface area contributed by atoms with E-state index in [9.17, 15) is 13.2 Å². The zero-order valence-electron chi connectivity index (χ0n) is 16.0. The lowest BCUT2D eigenvalue weighted by Crippen LogP contribution is -2.31. The van der Waals surface area contributed by atoms with E-state index in [1.54, 1.807) is 48.2 Å². The number of hydrogen-bond acceptors (Lipinski definition) is 5. The Morgan fingerprint density at radius 3 is 2.04 bits per heavy atom. The summed E-state index contributed by atoms with van der Waals surface area (Å²) in [5, 5.41) is 0. The summed E-state index contributed by atoms with van der Waals surface area (Å²) in [6.45, 7) is 6.79. The van der Waals surface area contributed by atoms with Crippen LogP contribution < -0.4 is 8.92 Å². The number of nitrogens with zero attached hydrogens (tertiary/aromatic N) is 1. The Labute approximate surface area is 160 Å². The van der Waals surface area contributed by atoms with E-state index in [-0.39, 0.29) is 16.6 Å². The fourth-order valence-electron chi connectivity index (χ4n) is 2.53. The number of rotatable bonds is 8. The first kappa shape index (κ1) is 20.8. The summed E-state index contributed by atoms with van der Waals surface area (Å²) in [6.07, 6.45) is 0. The molecule has 0 aromatic heterocycles. The first-order chi connectivity index (χ1) is 12.7. The molecule has 6 nitrogen and oxygen atoms in total. The van der Waals surface area contributed by atoms with Gasteiger partial charge in [-0.05, 0) is 47.9 Å². The van der Waals surface area contributed by atoms with Crippen molar-refractivity contribution >= 4 is 16.0 Å². The Hall–Kier alpha value is -2.54. The summed E-state index contributed by atoms with van der Waals surface area (Å²) in [7, 11) is -2.41. The van der Waals surface area contributed by atoms with Crippen LogP contribution in [0.5, 0.6) is 11.5 Å². The molecular weight excluding hydrogens is 366 g/mol. The average Bonchev–Trinajstić information content (AvgIpc) is 2.62. The molecule has 1 amide bonds. The van der Waals surface area contributed by atoms with E-state index in [0.29, 0.717) is 24.8 Å². The van der Waals surface area contributed by atoms with Gasteiger partial charge in [0.15, 0.2) is 0 Å². The van der Waals surface area contributed by atoms with Crippen molar-refractivity contribution in [2.45, 2.75) is 32.2 Å². The average molecular weight is 391 g/mol. The Balaban J connectivity index is 2.08. The fourth-order valence-corrected chi connectivity index (χ4v) is 3.46. The van der Waals surface area contributed by atoms with Gasteiger partial charge in [-0.1, -0.05) is 26.0 Å². The standard InChI is InChI=1S/C20H25NO5S/c1-15(2)13-21(16(3)22)14-17-5-7-19(8-6-17)26-27(23,24)20-11-9-18(25-4)10-12-20/h5-12,15H,13-14H2,1-4H3. The van der Waals surface area contributed by atoms with Crippen molar-refractivity contribution in [2.75, 3.05) is 13.7 Å². The molecule has 2 rings (SSSR count). The van der Waals surface area contributed by atoms with E-state index < -0.39 is 10.1 Å². The number of benzene rings is 2. The number of methoxy groups -OCH3 is 1. The lowest BCUT2D eigenvalue weighted by molar-refractivity contribution is -0.130. The number of carbonyl (C=O) groups is 1. The predicted octanol–water partition coefficient (Wildman–Crippen LogP) is 3.47. The molecule has 0 aliphatic rings. The molecule has 2 aromatic rings. The van der Waals surface area contributed by atoms with Gasteiger partial charge in [0.05, 0.1) is 7.11 Å². The highest BCUT2D eigenvalue weighted by Gasteiger charge is 2.17. The first-order valence-corrected chi connectivity index (χ1v) is 10.0. The van der Waals surface area contributed by atoms with Gasteiger partial charge in [0, 0.05) is 20.0 Å². The summed E-state index contributed by atoms with van der Waals surface area (Å²) in [5.74, 6) is 1.15. The van der Waals surface area contributed by atoms with Crippen molar-refractivity contribution in [1.82, 2.24) is 4.90 Å². The number of hydrogen-bond donors (Lipinski definition) is 0. The molecule has 0 saturated carbocycles. The van der Waals surface area contributed by atoms with Crippen LogP contribution in [0.1, 0.15) is 26.3 Å². The summed E-state index contributed by atoms with van der Waals surface area (Å²) >= 11 is 0. The van der Waals surface area contributed by atoms with E-state index in [2.05, 4.69) is 13.8 Å². The van der Waals surface area contributed by atoms with Gasteiger partial charge in [-0.2, -0.15) is 8.42 Å². The molecule has 146 valence electrons. The van der Waals surface area contributed by atoms with Crippen molar-refractivity contribution < 1.29 is 22.1 Å². The lowest BCUT2D eigenvalue weighted by atomic mass is 10.1. The largest absolute Gasteiger partial charge is 0.497 e. The van der Waals surface area contributed by atoms with Crippen LogP contribution in [0.15, 0.2) is 53.4 Å². The Kier molecular flexibility index (Phi) is 6.85. The second-order valence-corrected chi connectivity index (χ2v) is 8.20. The van der Waals surface area contributed by atoms with Crippen molar-refractivity contribution in [1.29, 1.82) is 0 Å². The Morgan fingerprint density at radius 2 is 1.56 bits per heavy atom. The minimum Gasteiger partial charge on any atom is -0.497 e. The monoisotopic (exact) mass is 391 g/mol. The van der Waals surface area contributed by atoms with Crippen LogP contribution in [0, 0.1) is 5.92 Å². The summed E-state index contributed by atoms with van der Waals surface area (Å²) in [5.41, 5.74) is 0.903. The minimum absolute atomic E-state index is 0.00566. The smallest absolute Gasteiger partial charge is 0.339 e. The quantitative estimate of drug-likeness (QED) is 0.644. The number of carbonyl (C=O) groups excluding carboxylic acids is 1. The van der Waals surface area contributed by atoms with Gasteiger partial charge in [-0.15, -0.1) is 0 Å².